The molecule has 0 aliphatic carbocycles. The van der Waals surface area contributed by atoms with Gasteiger partial charge in [0, 0.05) is 0 Å². The summed E-state index contributed by atoms with van der Waals surface area (Å²) in [6.45, 7) is 3.60. The van der Waals surface area contributed by atoms with Crippen LogP contribution in [0.5, 0.6) is 0 Å². The summed E-state index contributed by atoms with van der Waals surface area (Å²) in [5, 5.41) is 9.65. The van der Waals surface area contributed by atoms with E-state index >= 15 is 0 Å². The summed E-state index contributed by atoms with van der Waals surface area (Å²) >= 11 is 0. The Balaban J connectivity index is 3.43. The molecule has 1 radical (unpaired) electrons. The second-order valence-electron chi connectivity index (χ2n) is 1.71. The number of allylic oxidation sites excluding steroid dienone is 3. The van der Waals surface area contributed by atoms with Crippen molar-refractivity contribution in [2.45, 2.75) is 20.0 Å². The van der Waals surface area contributed by atoms with Gasteiger partial charge in [-0.1, -0.05) is 24.3 Å². The normalized spacial score (nSPS) is 15.4. The van der Waals surface area contributed by atoms with Crippen LogP contribution in [0.1, 0.15) is 13.8 Å². The smallest absolute Gasteiger partial charge is 0.112 e. The van der Waals surface area contributed by atoms with E-state index in [1.165, 1.54) is 0 Å². The molecule has 0 bridgehead atoms. The van der Waals surface area contributed by atoms with Crippen LogP contribution in [0.15, 0.2) is 24.3 Å². The van der Waals surface area contributed by atoms with Crippen molar-refractivity contribution in [1.29, 1.82) is 0 Å². The van der Waals surface area contributed by atoms with E-state index in [2.05, 4.69) is 4.89 Å². The Morgan fingerprint density at radius 1 is 1.44 bits per heavy atom. The third kappa shape index (κ3) is 5.27. The number of hydrogen-bond donors (Lipinski definition) is 0. The minimum atomic E-state index is -0.332. The summed E-state index contributed by atoms with van der Waals surface area (Å²) in [5.74, 6) is 0. The van der Waals surface area contributed by atoms with Crippen molar-refractivity contribution in [1.82, 2.24) is 0 Å². The maximum atomic E-state index is 9.65. The van der Waals surface area contributed by atoms with Crippen molar-refractivity contribution in [2.24, 2.45) is 0 Å². The largest absolute Gasteiger partial charge is 0.197 e. The molecule has 0 aromatic rings. The lowest BCUT2D eigenvalue weighted by Crippen LogP contribution is -1.97. The van der Waals surface area contributed by atoms with Crippen molar-refractivity contribution in [3.63, 3.8) is 0 Å². The molecule has 2 heteroatoms. The molecule has 0 saturated heterocycles. The van der Waals surface area contributed by atoms with Crippen molar-refractivity contribution >= 4 is 0 Å². The fourth-order valence-corrected chi connectivity index (χ4v) is 0.364. The van der Waals surface area contributed by atoms with E-state index < -0.39 is 0 Å². The fourth-order valence-electron chi connectivity index (χ4n) is 0.364. The van der Waals surface area contributed by atoms with Gasteiger partial charge in [-0.05, 0) is 19.1 Å². The molecule has 0 aliphatic rings. The van der Waals surface area contributed by atoms with E-state index in [1.54, 1.807) is 19.1 Å². The average molecular weight is 127 g/mol. The van der Waals surface area contributed by atoms with Gasteiger partial charge in [-0.3, -0.25) is 0 Å². The molecule has 0 unspecified atom stereocenters. The number of hydrogen-bond acceptors (Lipinski definition) is 1. The summed E-state index contributed by atoms with van der Waals surface area (Å²) in [5.41, 5.74) is 0. The first-order valence-corrected chi connectivity index (χ1v) is 2.89. The molecule has 0 heterocycles. The Kier molecular flexibility index (Phi) is 5.17. The third-order valence-corrected chi connectivity index (χ3v) is 0.837. The van der Waals surface area contributed by atoms with Crippen LogP contribution in [0, 0.1) is 0 Å². The van der Waals surface area contributed by atoms with Gasteiger partial charge in [-0.25, -0.2) is 0 Å². The quantitative estimate of drug-likeness (QED) is 0.323. The summed E-state index contributed by atoms with van der Waals surface area (Å²) in [4.78, 5) is 3.73. The monoisotopic (exact) mass is 127 g/mol. The van der Waals surface area contributed by atoms with Crippen molar-refractivity contribution in [2.75, 3.05) is 0 Å². The van der Waals surface area contributed by atoms with Gasteiger partial charge in [-0.2, -0.15) is 4.89 Å². The highest BCUT2D eigenvalue weighted by atomic mass is 17.1. The minimum absolute atomic E-state index is 0.332. The van der Waals surface area contributed by atoms with Gasteiger partial charge < -0.3 is 0 Å². The van der Waals surface area contributed by atoms with Gasteiger partial charge in [0.15, 0.2) is 0 Å². The summed E-state index contributed by atoms with van der Waals surface area (Å²) in [6, 6.07) is 0. The van der Waals surface area contributed by atoms with Crippen LogP contribution in [0.2, 0.25) is 0 Å². The lowest BCUT2D eigenvalue weighted by Gasteiger charge is -1.93. The third-order valence-electron chi connectivity index (χ3n) is 0.837. The second kappa shape index (κ2) is 5.54. The molecule has 9 heavy (non-hydrogen) atoms. The Morgan fingerprint density at radius 3 is 2.56 bits per heavy atom. The van der Waals surface area contributed by atoms with E-state index in [-0.39, 0.29) is 6.10 Å². The molecule has 0 aliphatic heterocycles. The summed E-state index contributed by atoms with van der Waals surface area (Å²) in [6.07, 6.45) is 6.86. The molecule has 1 atom stereocenters. The van der Waals surface area contributed by atoms with E-state index in [9.17, 15) is 5.26 Å². The first-order valence-electron chi connectivity index (χ1n) is 2.89. The van der Waals surface area contributed by atoms with Crippen LogP contribution in [0.4, 0.5) is 0 Å². The van der Waals surface area contributed by atoms with E-state index in [0.717, 1.165) is 0 Å². The minimum Gasteiger partial charge on any atom is -0.197 e. The average Bonchev–Trinajstić information content (AvgIpc) is 1.89. The zero-order valence-corrected chi connectivity index (χ0v) is 5.70. The molecular weight excluding hydrogens is 116 g/mol. The molecule has 0 fully saturated rings. The van der Waals surface area contributed by atoms with Crippen molar-refractivity contribution < 1.29 is 10.1 Å². The Morgan fingerprint density at radius 2 is 2.11 bits per heavy atom. The van der Waals surface area contributed by atoms with Gasteiger partial charge in [0.05, 0.1) is 0 Å². The van der Waals surface area contributed by atoms with Crippen molar-refractivity contribution in [3.8, 4) is 0 Å². The van der Waals surface area contributed by atoms with Gasteiger partial charge in [0.1, 0.15) is 6.10 Å². The van der Waals surface area contributed by atoms with Crippen LogP contribution in [-0.2, 0) is 10.1 Å². The lowest BCUT2D eigenvalue weighted by molar-refractivity contribution is -0.320. The fraction of sp³-hybridized carbons (Fsp3) is 0.429. The molecule has 0 saturated carbocycles. The molecule has 0 aromatic heterocycles. The second-order valence-corrected chi connectivity index (χ2v) is 1.71. The SMILES string of the molecule is C/C=C\C=C\[C@H](C)O[O]. The zero-order chi connectivity index (χ0) is 7.11. The topological polar surface area (TPSA) is 29.1 Å². The van der Waals surface area contributed by atoms with Gasteiger partial charge in [-0.15, -0.1) is 0 Å². The standard InChI is InChI=1S/C7H11O2/c1-3-4-5-6-7(2)9-8/h3-7H,1-2H3/b4-3-,6-5+/t7-/m0/s1. The molecule has 2 nitrogen and oxygen atoms in total. The predicted molar refractivity (Wildman–Crippen MR) is 35.2 cm³/mol. The van der Waals surface area contributed by atoms with Gasteiger partial charge in [0.2, 0.25) is 0 Å². The van der Waals surface area contributed by atoms with Crippen molar-refractivity contribution in [3.05, 3.63) is 24.3 Å². The van der Waals surface area contributed by atoms with Crippen LogP contribution < -0.4 is 0 Å². The van der Waals surface area contributed by atoms with Crippen LogP contribution in [0.25, 0.3) is 0 Å². The van der Waals surface area contributed by atoms with E-state index in [4.69, 9.17) is 0 Å². The number of rotatable bonds is 3. The van der Waals surface area contributed by atoms with E-state index in [1.807, 2.05) is 19.1 Å². The Labute approximate surface area is 55.4 Å². The van der Waals surface area contributed by atoms with Crippen LogP contribution >= 0.6 is 0 Å². The highest BCUT2D eigenvalue weighted by molar-refractivity contribution is 5.02. The first kappa shape index (κ1) is 8.40. The highest BCUT2D eigenvalue weighted by Gasteiger charge is 1.90. The molecule has 0 aromatic carbocycles. The highest BCUT2D eigenvalue weighted by Crippen LogP contribution is 1.89. The van der Waals surface area contributed by atoms with Crippen LogP contribution in [-0.4, -0.2) is 6.10 Å². The Hall–Kier alpha value is -0.600. The maximum absolute atomic E-state index is 9.65. The molecule has 0 amide bonds. The summed E-state index contributed by atoms with van der Waals surface area (Å²) in [7, 11) is 0. The maximum Gasteiger partial charge on any atom is 0.112 e. The predicted octanol–water partition coefficient (Wildman–Crippen LogP) is 1.87. The van der Waals surface area contributed by atoms with E-state index in [0.29, 0.717) is 0 Å². The molecule has 0 spiro atoms. The van der Waals surface area contributed by atoms with Gasteiger partial charge in [0.25, 0.3) is 0 Å². The zero-order valence-electron chi connectivity index (χ0n) is 5.70. The van der Waals surface area contributed by atoms with Gasteiger partial charge >= 0.3 is 0 Å². The molecule has 0 rings (SSSR count). The Bertz CT molecular complexity index is 105. The molecule has 51 valence electrons. The first-order chi connectivity index (χ1) is 4.31. The van der Waals surface area contributed by atoms with Crippen LogP contribution in [0.3, 0.4) is 0 Å². The summed E-state index contributed by atoms with van der Waals surface area (Å²) < 4.78 is 0. The molecular formula is C7H11O2. The lowest BCUT2D eigenvalue weighted by atomic mass is 10.3. The molecule has 0 N–H and O–H groups in total.